The summed E-state index contributed by atoms with van der Waals surface area (Å²) >= 11 is 12.8. The first kappa shape index (κ1) is 21.6. The van der Waals surface area contributed by atoms with Gasteiger partial charge in [-0.1, -0.05) is 78.0 Å². The summed E-state index contributed by atoms with van der Waals surface area (Å²) in [5, 5.41) is 0.698. The normalized spacial score (nSPS) is 15.1. The number of benzene rings is 3. The molecule has 3 aromatic carbocycles. The van der Waals surface area contributed by atoms with Gasteiger partial charge in [0.05, 0.1) is 10.6 Å². The van der Waals surface area contributed by atoms with Gasteiger partial charge in [-0.3, -0.25) is 9.69 Å². The van der Waals surface area contributed by atoms with Crippen LogP contribution in [0.5, 0.6) is 5.75 Å². The van der Waals surface area contributed by atoms with Gasteiger partial charge < -0.3 is 4.74 Å². The summed E-state index contributed by atoms with van der Waals surface area (Å²) in [6.45, 7) is 4.42. The van der Waals surface area contributed by atoms with Gasteiger partial charge in [-0.2, -0.15) is 0 Å². The Morgan fingerprint density at radius 3 is 2.42 bits per heavy atom. The van der Waals surface area contributed by atoms with Crippen molar-refractivity contribution < 1.29 is 9.53 Å². The molecule has 6 heteroatoms. The zero-order valence-corrected chi connectivity index (χ0v) is 19.5. The third-order valence-electron chi connectivity index (χ3n) is 4.93. The maximum atomic E-state index is 13.2. The number of thiocarbonyl (C=S) groups is 1. The van der Waals surface area contributed by atoms with Crippen LogP contribution in [-0.2, 0) is 11.4 Å². The maximum absolute atomic E-state index is 13.2. The summed E-state index contributed by atoms with van der Waals surface area (Å²) in [7, 11) is 0. The van der Waals surface area contributed by atoms with Crippen LogP contribution in [-0.4, -0.2) is 10.2 Å². The number of nitrogens with zero attached hydrogens (tertiary/aromatic N) is 1. The van der Waals surface area contributed by atoms with Gasteiger partial charge in [-0.15, -0.1) is 0 Å². The first-order chi connectivity index (χ1) is 14.9. The molecule has 4 rings (SSSR count). The topological polar surface area (TPSA) is 29.5 Å². The van der Waals surface area contributed by atoms with Crippen LogP contribution in [0.3, 0.4) is 0 Å². The van der Waals surface area contributed by atoms with Gasteiger partial charge in [0, 0.05) is 5.02 Å². The zero-order chi connectivity index (χ0) is 22.0. The number of halogens is 1. The van der Waals surface area contributed by atoms with Crippen molar-refractivity contribution in [3.05, 3.63) is 98.9 Å². The van der Waals surface area contributed by atoms with Crippen molar-refractivity contribution in [2.75, 3.05) is 4.90 Å². The number of anilines is 1. The van der Waals surface area contributed by atoms with Crippen molar-refractivity contribution in [3.63, 3.8) is 0 Å². The minimum atomic E-state index is -0.0973. The molecule has 156 valence electrons. The number of hydrogen-bond acceptors (Lipinski definition) is 4. The van der Waals surface area contributed by atoms with E-state index < -0.39 is 0 Å². The third-order valence-corrected chi connectivity index (χ3v) is 6.49. The van der Waals surface area contributed by atoms with Crippen LogP contribution in [0.25, 0.3) is 6.08 Å². The van der Waals surface area contributed by atoms with E-state index in [0.29, 0.717) is 20.9 Å². The number of carbonyl (C=O) groups is 1. The molecule has 1 aliphatic rings. The first-order valence-electron chi connectivity index (χ1n) is 9.74. The lowest BCUT2D eigenvalue weighted by Gasteiger charge is -2.19. The van der Waals surface area contributed by atoms with E-state index >= 15 is 0 Å². The van der Waals surface area contributed by atoms with Crippen molar-refractivity contribution in [1.82, 2.24) is 0 Å². The molecule has 1 amide bonds. The van der Waals surface area contributed by atoms with Gasteiger partial charge in [0.2, 0.25) is 0 Å². The Hall–Kier alpha value is -2.60. The lowest BCUT2D eigenvalue weighted by Crippen LogP contribution is -2.29. The van der Waals surface area contributed by atoms with Gasteiger partial charge in [0.25, 0.3) is 5.91 Å². The number of thioether (sulfide) groups is 1. The molecule has 0 aromatic heterocycles. The molecule has 0 bridgehead atoms. The van der Waals surface area contributed by atoms with E-state index in [-0.39, 0.29) is 5.91 Å². The minimum absolute atomic E-state index is 0.0973. The fourth-order valence-electron chi connectivity index (χ4n) is 3.41. The average Bonchev–Trinajstić information content (AvgIpc) is 3.01. The van der Waals surface area contributed by atoms with Crippen LogP contribution in [0.15, 0.2) is 71.6 Å². The predicted octanol–water partition coefficient (Wildman–Crippen LogP) is 6.94. The Morgan fingerprint density at radius 1 is 1.03 bits per heavy atom. The van der Waals surface area contributed by atoms with Crippen molar-refractivity contribution in [2.45, 2.75) is 20.5 Å². The molecule has 31 heavy (non-hydrogen) atoms. The second-order valence-corrected chi connectivity index (χ2v) is 9.36. The second-order valence-electron chi connectivity index (χ2n) is 7.25. The van der Waals surface area contributed by atoms with Crippen molar-refractivity contribution in [3.8, 4) is 5.75 Å². The molecule has 0 radical (unpaired) electrons. The lowest BCUT2D eigenvalue weighted by molar-refractivity contribution is -0.113. The van der Waals surface area contributed by atoms with Crippen LogP contribution in [0.4, 0.5) is 5.69 Å². The summed E-state index contributed by atoms with van der Waals surface area (Å²) < 4.78 is 6.45. The predicted molar refractivity (Wildman–Crippen MR) is 134 cm³/mol. The Bertz CT molecular complexity index is 1170. The van der Waals surface area contributed by atoms with Crippen LogP contribution in [0.2, 0.25) is 5.02 Å². The van der Waals surface area contributed by atoms with Crippen LogP contribution >= 0.6 is 35.6 Å². The van der Waals surface area contributed by atoms with Crippen LogP contribution < -0.4 is 9.64 Å². The molecule has 0 spiro atoms. The molecule has 0 atom stereocenters. The van der Waals surface area contributed by atoms with Gasteiger partial charge >= 0.3 is 0 Å². The van der Waals surface area contributed by atoms with Gasteiger partial charge in [-0.25, -0.2) is 0 Å². The molecular formula is C25H20ClNO2S2. The monoisotopic (exact) mass is 465 g/mol. The quantitative estimate of drug-likeness (QED) is 0.301. The number of para-hydroxylation sites is 1. The molecule has 1 heterocycles. The highest BCUT2D eigenvalue weighted by atomic mass is 35.5. The smallest absolute Gasteiger partial charge is 0.270 e. The van der Waals surface area contributed by atoms with E-state index in [0.717, 1.165) is 33.7 Å². The van der Waals surface area contributed by atoms with E-state index in [4.69, 9.17) is 28.6 Å². The Morgan fingerprint density at radius 2 is 1.71 bits per heavy atom. The van der Waals surface area contributed by atoms with E-state index in [1.807, 2.05) is 86.7 Å². The molecule has 0 saturated carbocycles. The number of hydrogen-bond donors (Lipinski definition) is 0. The van der Waals surface area contributed by atoms with Gasteiger partial charge in [0.1, 0.15) is 12.4 Å². The molecule has 3 aromatic rings. The summed E-state index contributed by atoms with van der Waals surface area (Å²) in [5.41, 5.74) is 4.83. The largest absolute Gasteiger partial charge is 0.489 e. The highest BCUT2D eigenvalue weighted by molar-refractivity contribution is 8.27. The van der Waals surface area contributed by atoms with Crippen LogP contribution in [0.1, 0.15) is 22.3 Å². The average molecular weight is 466 g/mol. The number of aryl methyl sites for hydroxylation is 2. The molecule has 0 N–H and O–H groups in total. The SMILES string of the molecule is Cc1cccc(C)c1N1C(=O)/C(=C/c2cccc(OCc3ccc(Cl)cc3)c2)SC1=S. The van der Waals surface area contributed by atoms with Crippen molar-refractivity contribution >= 4 is 57.6 Å². The number of carbonyl (C=O) groups excluding carboxylic acids is 1. The third kappa shape index (κ3) is 4.85. The van der Waals surface area contributed by atoms with Gasteiger partial charge in [-0.05, 0) is 66.4 Å². The first-order valence-corrected chi connectivity index (χ1v) is 11.3. The summed E-state index contributed by atoms with van der Waals surface area (Å²) in [6, 6.07) is 21.2. The molecule has 0 aliphatic carbocycles. The Balaban J connectivity index is 1.53. The molecule has 1 fully saturated rings. The fraction of sp³-hybridized carbons (Fsp3) is 0.120. The molecular weight excluding hydrogens is 446 g/mol. The summed E-state index contributed by atoms with van der Waals surface area (Å²) in [6.07, 6.45) is 1.86. The lowest BCUT2D eigenvalue weighted by atomic mass is 10.1. The maximum Gasteiger partial charge on any atom is 0.270 e. The highest BCUT2D eigenvalue weighted by Crippen LogP contribution is 2.38. The molecule has 1 saturated heterocycles. The standard InChI is InChI=1S/C25H20ClNO2S2/c1-16-5-3-6-17(2)23(16)27-24(28)22(31-25(27)30)14-19-7-4-8-21(13-19)29-15-18-9-11-20(26)12-10-18/h3-14H,15H2,1-2H3/b22-14-. The number of rotatable bonds is 5. The highest BCUT2D eigenvalue weighted by Gasteiger charge is 2.34. The minimum Gasteiger partial charge on any atom is -0.489 e. The van der Waals surface area contributed by atoms with E-state index in [2.05, 4.69) is 0 Å². The molecule has 3 nitrogen and oxygen atoms in total. The van der Waals surface area contributed by atoms with Crippen molar-refractivity contribution in [1.29, 1.82) is 0 Å². The second kappa shape index (κ2) is 9.27. The number of ether oxygens (including phenoxy) is 1. The molecule has 0 unspecified atom stereocenters. The Labute approximate surface area is 196 Å². The summed E-state index contributed by atoms with van der Waals surface area (Å²) in [5.74, 6) is 0.633. The van der Waals surface area contributed by atoms with E-state index in [9.17, 15) is 4.79 Å². The van der Waals surface area contributed by atoms with Gasteiger partial charge in [0.15, 0.2) is 4.32 Å². The molecule has 1 aliphatic heterocycles. The number of amides is 1. The zero-order valence-electron chi connectivity index (χ0n) is 17.1. The van der Waals surface area contributed by atoms with Crippen LogP contribution in [0, 0.1) is 13.8 Å². The summed E-state index contributed by atoms with van der Waals surface area (Å²) in [4.78, 5) is 15.4. The van der Waals surface area contributed by atoms with Crippen molar-refractivity contribution in [2.24, 2.45) is 0 Å². The van der Waals surface area contributed by atoms with E-state index in [1.54, 1.807) is 4.90 Å². The Kier molecular flexibility index (Phi) is 6.46. The fourth-order valence-corrected chi connectivity index (χ4v) is 4.81. The van der Waals surface area contributed by atoms with E-state index in [1.165, 1.54) is 11.8 Å².